The zero-order valence-corrected chi connectivity index (χ0v) is 13.3. The quantitative estimate of drug-likeness (QED) is 0.392. The fourth-order valence-corrected chi connectivity index (χ4v) is 2.43. The van der Waals surface area contributed by atoms with Crippen LogP contribution in [0, 0.1) is 0 Å². The van der Waals surface area contributed by atoms with Crippen LogP contribution in [0.4, 0.5) is 0 Å². The largest absolute Gasteiger partial charge is 0.481 e. The molecule has 0 heterocycles. The number of nitrogens with zero attached hydrogens (tertiary/aromatic N) is 1. The van der Waals surface area contributed by atoms with Crippen LogP contribution in [0.15, 0.2) is 0 Å². The number of thiol groups is 1. The molecule has 1 atom stereocenters. The SMILES string of the molecule is CCSCCN(C)CC(CCC(=O)O)NC(=O)CS. The average molecular weight is 308 g/mol. The van der Waals surface area contributed by atoms with Gasteiger partial charge in [0.05, 0.1) is 5.75 Å². The van der Waals surface area contributed by atoms with Crippen LogP contribution in [0.5, 0.6) is 0 Å². The molecule has 2 N–H and O–H groups in total. The molecule has 0 aliphatic heterocycles. The Balaban J connectivity index is 4.14. The van der Waals surface area contributed by atoms with Crippen LogP contribution in [0.25, 0.3) is 0 Å². The summed E-state index contributed by atoms with van der Waals surface area (Å²) >= 11 is 5.78. The maximum atomic E-state index is 11.4. The topological polar surface area (TPSA) is 69.6 Å². The standard InChI is InChI=1S/C12H24N2O3S2/c1-3-19-7-6-14(2)8-10(4-5-12(16)17)13-11(15)9-18/h10,18H,3-9H2,1-2H3,(H,13,15)(H,16,17). The fraction of sp³-hybridized carbons (Fsp3) is 0.833. The van der Waals surface area contributed by atoms with Crippen molar-refractivity contribution in [2.45, 2.75) is 25.8 Å². The molecular weight excluding hydrogens is 284 g/mol. The van der Waals surface area contributed by atoms with Crippen molar-refractivity contribution in [3.05, 3.63) is 0 Å². The van der Waals surface area contributed by atoms with Crippen molar-refractivity contribution in [3.8, 4) is 0 Å². The van der Waals surface area contributed by atoms with E-state index in [2.05, 4.69) is 29.8 Å². The van der Waals surface area contributed by atoms with E-state index in [9.17, 15) is 9.59 Å². The van der Waals surface area contributed by atoms with Gasteiger partial charge in [0.2, 0.25) is 5.91 Å². The Hall–Kier alpha value is -0.400. The lowest BCUT2D eigenvalue weighted by atomic mass is 10.1. The average Bonchev–Trinajstić information content (AvgIpc) is 2.36. The van der Waals surface area contributed by atoms with E-state index >= 15 is 0 Å². The van der Waals surface area contributed by atoms with E-state index < -0.39 is 5.97 Å². The van der Waals surface area contributed by atoms with E-state index in [1.807, 2.05) is 18.8 Å². The number of amides is 1. The minimum absolute atomic E-state index is 0.0646. The van der Waals surface area contributed by atoms with Gasteiger partial charge >= 0.3 is 5.97 Å². The van der Waals surface area contributed by atoms with Crippen LogP contribution in [-0.2, 0) is 9.59 Å². The Kier molecular flexibility index (Phi) is 11.2. The van der Waals surface area contributed by atoms with Crippen molar-refractivity contribution >= 4 is 36.3 Å². The van der Waals surface area contributed by atoms with Crippen molar-refractivity contribution in [2.75, 3.05) is 37.4 Å². The van der Waals surface area contributed by atoms with Gasteiger partial charge in [0.25, 0.3) is 0 Å². The summed E-state index contributed by atoms with van der Waals surface area (Å²) in [6.45, 7) is 3.71. The van der Waals surface area contributed by atoms with Gasteiger partial charge in [-0.3, -0.25) is 9.59 Å². The number of carbonyl (C=O) groups is 2. The van der Waals surface area contributed by atoms with Crippen LogP contribution >= 0.6 is 24.4 Å². The molecule has 0 saturated heterocycles. The molecule has 0 spiro atoms. The molecule has 1 unspecified atom stereocenters. The van der Waals surface area contributed by atoms with Crippen molar-refractivity contribution in [2.24, 2.45) is 0 Å². The van der Waals surface area contributed by atoms with Gasteiger partial charge in [-0.2, -0.15) is 24.4 Å². The Morgan fingerprint density at radius 1 is 1.47 bits per heavy atom. The lowest BCUT2D eigenvalue weighted by Crippen LogP contribution is -2.44. The van der Waals surface area contributed by atoms with Crippen molar-refractivity contribution in [1.29, 1.82) is 0 Å². The summed E-state index contributed by atoms with van der Waals surface area (Å²) in [6, 6.07) is -0.132. The number of carboxylic acid groups (broad SMARTS) is 1. The zero-order valence-electron chi connectivity index (χ0n) is 11.6. The molecule has 0 aliphatic carbocycles. The first kappa shape index (κ1) is 18.6. The number of rotatable bonds is 11. The summed E-state index contributed by atoms with van der Waals surface area (Å²) in [6.07, 6.45) is 0.509. The summed E-state index contributed by atoms with van der Waals surface area (Å²) < 4.78 is 0. The van der Waals surface area contributed by atoms with Crippen LogP contribution in [-0.4, -0.2) is 65.3 Å². The predicted octanol–water partition coefficient (Wildman–Crippen LogP) is 0.951. The van der Waals surface area contributed by atoms with Crippen LogP contribution < -0.4 is 5.32 Å². The second kappa shape index (κ2) is 11.4. The monoisotopic (exact) mass is 308 g/mol. The number of carboxylic acids is 1. The van der Waals surface area contributed by atoms with E-state index in [1.54, 1.807) is 0 Å². The normalized spacial score (nSPS) is 12.4. The molecule has 5 nitrogen and oxygen atoms in total. The third kappa shape index (κ3) is 11.1. The highest BCUT2D eigenvalue weighted by atomic mass is 32.2. The maximum absolute atomic E-state index is 11.4. The summed E-state index contributed by atoms with van der Waals surface area (Å²) in [5.74, 6) is 1.26. The molecule has 0 aromatic carbocycles. The van der Waals surface area contributed by atoms with Gasteiger partial charge in [-0.25, -0.2) is 0 Å². The van der Waals surface area contributed by atoms with Crippen LogP contribution in [0.2, 0.25) is 0 Å². The van der Waals surface area contributed by atoms with Crippen molar-refractivity contribution in [1.82, 2.24) is 10.2 Å². The predicted molar refractivity (Wildman–Crippen MR) is 83.1 cm³/mol. The van der Waals surface area contributed by atoms with Crippen molar-refractivity contribution < 1.29 is 14.7 Å². The highest BCUT2D eigenvalue weighted by Crippen LogP contribution is 2.03. The maximum Gasteiger partial charge on any atom is 0.303 e. The Labute approximate surface area is 124 Å². The minimum atomic E-state index is -0.839. The smallest absolute Gasteiger partial charge is 0.303 e. The van der Waals surface area contributed by atoms with Gasteiger partial charge in [-0.1, -0.05) is 6.92 Å². The van der Waals surface area contributed by atoms with E-state index in [0.29, 0.717) is 13.0 Å². The van der Waals surface area contributed by atoms with E-state index in [0.717, 1.165) is 18.1 Å². The van der Waals surface area contributed by atoms with Gasteiger partial charge in [-0.15, -0.1) is 0 Å². The molecule has 0 bridgehead atoms. The van der Waals surface area contributed by atoms with Crippen molar-refractivity contribution in [3.63, 3.8) is 0 Å². The van der Waals surface area contributed by atoms with Crippen LogP contribution in [0.3, 0.4) is 0 Å². The molecule has 112 valence electrons. The van der Waals surface area contributed by atoms with Gasteiger partial charge < -0.3 is 15.3 Å². The fourth-order valence-electron chi connectivity index (χ4n) is 1.61. The number of aliphatic carboxylic acids is 1. The highest BCUT2D eigenvalue weighted by Gasteiger charge is 2.15. The number of carbonyl (C=O) groups excluding carboxylic acids is 1. The Bertz CT molecular complexity index is 278. The van der Waals surface area contributed by atoms with Gasteiger partial charge in [0.15, 0.2) is 0 Å². The zero-order chi connectivity index (χ0) is 14.7. The highest BCUT2D eigenvalue weighted by molar-refractivity contribution is 7.99. The molecule has 0 radical (unpaired) electrons. The number of nitrogens with one attached hydrogen (secondary N) is 1. The summed E-state index contributed by atoms with van der Waals surface area (Å²) in [5, 5.41) is 11.5. The van der Waals surface area contributed by atoms with Gasteiger partial charge in [0, 0.05) is 31.3 Å². The molecule has 0 fully saturated rings. The van der Waals surface area contributed by atoms with E-state index in [4.69, 9.17) is 5.11 Å². The van der Waals surface area contributed by atoms with E-state index in [-0.39, 0.29) is 24.1 Å². The number of likely N-dealkylation sites (N-methyl/N-ethyl adjacent to an activating group) is 1. The van der Waals surface area contributed by atoms with Gasteiger partial charge in [0.1, 0.15) is 0 Å². The number of thioether (sulfide) groups is 1. The molecule has 0 saturated carbocycles. The Morgan fingerprint density at radius 2 is 2.16 bits per heavy atom. The summed E-state index contributed by atoms with van der Waals surface area (Å²) in [5.41, 5.74) is 0. The van der Waals surface area contributed by atoms with Crippen LogP contribution in [0.1, 0.15) is 19.8 Å². The molecule has 19 heavy (non-hydrogen) atoms. The molecule has 1 amide bonds. The molecular formula is C12H24N2O3S2. The van der Waals surface area contributed by atoms with E-state index in [1.165, 1.54) is 0 Å². The second-order valence-electron chi connectivity index (χ2n) is 4.31. The second-order valence-corrected chi connectivity index (χ2v) is 6.02. The molecule has 0 rings (SSSR count). The third-order valence-electron chi connectivity index (χ3n) is 2.57. The molecule has 7 heteroatoms. The first-order valence-electron chi connectivity index (χ1n) is 6.37. The lowest BCUT2D eigenvalue weighted by Gasteiger charge is -2.24. The summed E-state index contributed by atoms with van der Waals surface area (Å²) in [4.78, 5) is 24.1. The van der Waals surface area contributed by atoms with Gasteiger partial charge in [-0.05, 0) is 19.2 Å². The first-order chi connectivity index (χ1) is 8.99. The molecule has 0 aliphatic rings. The minimum Gasteiger partial charge on any atom is -0.481 e. The summed E-state index contributed by atoms with van der Waals surface area (Å²) in [7, 11) is 1.98. The number of hydrogen-bond donors (Lipinski definition) is 3. The molecule has 0 aromatic rings. The first-order valence-corrected chi connectivity index (χ1v) is 8.16. The Morgan fingerprint density at radius 3 is 2.68 bits per heavy atom. The third-order valence-corrected chi connectivity index (χ3v) is 3.74. The number of hydrogen-bond acceptors (Lipinski definition) is 5. The molecule has 0 aromatic heterocycles. The lowest BCUT2D eigenvalue weighted by molar-refractivity contribution is -0.137.